The van der Waals surface area contributed by atoms with Crippen LogP contribution in [-0.4, -0.2) is 23.0 Å². The van der Waals surface area contributed by atoms with Crippen molar-refractivity contribution in [3.63, 3.8) is 0 Å². The molecule has 6 heteroatoms. The largest absolute Gasteiger partial charge is 0.478 e. The molecule has 5 nitrogen and oxygen atoms in total. The molecule has 4 N–H and O–H groups in total. The first kappa shape index (κ1) is 15.1. The summed E-state index contributed by atoms with van der Waals surface area (Å²) in [5.41, 5.74) is 5.43. The van der Waals surface area contributed by atoms with Crippen LogP contribution in [0.2, 0.25) is 0 Å². The van der Waals surface area contributed by atoms with Crippen molar-refractivity contribution in [3.05, 3.63) is 29.6 Å². The summed E-state index contributed by atoms with van der Waals surface area (Å²) in [4.78, 5) is 22.3. The molecule has 1 rings (SSSR count). The van der Waals surface area contributed by atoms with E-state index in [0.29, 0.717) is 6.42 Å². The normalized spacial score (nSPS) is 12.3. The van der Waals surface area contributed by atoms with Crippen LogP contribution in [-0.2, 0) is 4.79 Å². The van der Waals surface area contributed by atoms with Crippen LogP contribution in [0.1, 0.15) is 30.6 Å². The number of nitrogens with one attached hydrogen (secondary N) is 1. The molecule has 0 spiro atoms. The van der Waals surface area contributed by atoms with Gasteiger partial charge in [0.15, 0.2) is 0 Å². The van der Waals surface area contributed by atoms with Crippen LogP contribution in [0.3, 0.4) is 0 Å². The number of amides is 1. The van der Waals surface area contributed by atoms with Gasteiger partial charge in [0.1, 0.15) is 5.82 Å². The van der Waals surface area contributed by atoms with E-state index in [1.54, 1.807) is 0 Å². The van der Waals surface area contributed by atoms with Gasteiger partial charge in [0.05, 0.1) is 11.6 Å². The van der Waals surface area contributed by atoms with E-state index >= 15 is 0 Å². The Labute approximate surface area is 110 Å². The van der Waals surface area contributed by atoms with Crippen LogP contribution in [0.15, 0.2) is 18.2 Å². The van der Waals surface area contributed by atoms with Gasteiger partial charge in [-0.05, 0) is 30.5 Å². The van der Waals surface area contributed by atoms with Gasteiger partial charge in [0.2, 0.25) is 5.91 Å². The first-order valence-electron chi connectivity index (χ1n) is 5.90. The molecule has 0 saturated carbocycles. The van der Waals surface area contributed by atoms with Gasteiger partial charge in [0.25, 0.3) is 0 Å². The van der Waals surface area contributed by atoms with Crippen LogP contribution in [0.4, 0.5) is 10.1 Å². The van der Waals surface area contributed by atoms with E-state index in [1.165, 1.54) is 6.07 Å². The zero-order valence-corrected chi connectivity index (χ0v) is 10.8. The summed E-state index contributed by atoms with van der Waals surface area (Å²) in [6.45, 7) is 3.88. The molecule has 0 bridgehead atoms. The molecule has 0 aliphatic carbocycles. The zero-order valence-electron chi connectivity index (χ0n) is 10.8. The fourth-order valence-corrected chi connectivity index (χ4v) is 1.62. The Balaban J connectivity index is 2.75. The molecule has 1 aromatic rings. The van der Waals surface area contributed by atoms with Crippen molar-refractivity contribution in [1.29, 1.82) is 0 Å². The molecule has 0 unspecified atom stereocenters. The number of carbonyl (C=O) groups excluding carboxylic acids is 1. The fraction of sp³-hybridized carbons (Fsp3) is 0.385. The average molecular weight is 268 g/mol. The standard InChI is InChI=1S/C13H17FN2O3/c1-7(2)5-11(15)12(17)16-8-3-4-9(13(18)19)10(14)6-8/h3-4,6-7,11H,5,15H2,1-2H3,(H,16,17)(H,18,19)/t11-/m0/s1. The molecule has 1 amide bonds. The van der Waals surface area contributed by atoms with Gasteiger partial charge < -0.3 is 16.2 Å². The number of hydrogen-bond acceptors (Lipinski definition) is 3. The Bertz CT molecular complexity index is 489. The van der Waals surface area contributed by atoms with Crippen LogP contribution >= 0.6 is 0 Å². The Morgan fingerprint density at radius 2 is 2.05 bits per heavy atom. The van der Waals surface area contributed by atoms with E-state index in [2.05, 4.69) is 5.32 Å². The highest BCUT2D eigenvalue weighted by Crippen LogP contribution is 2.15. The lowest BCUT2D eigenvalue weighted by atomic mass is 10.0. The van der Waals surface area contributed by atoms with Crippen LogP contribution in [0, 0.1) is 11.7 Å². The molecule has 0 aliphatic heterocycles. The molecule has 19 heavy (non-hydrogen) atoms. The van der Waals surface area contributed by atoms with Crippen molar-refractivity contribution in [2.75, 3.05) is 5.32 Å². The van der Waals surface area contributed by atoms with Gasteiger partial charge in [-0.1, -0.05) is 13.8 Å². The Morgan fingerprint density at radius 3 is 2.53 bits per heavy atom. The highest BCUT2D eigenvalue weighted by atomic mass is 19.1. The summed E-state index contributed by atoms with van der Waals surface area (Å²) in [6.07, 6.45) is 0.515. The number of rotatable bonds is 5. The number of hydrogen-bond donors (Lipinski definition) is 3. The highest BCUT2D eigenvalue weighted by Gasteiger charge is 2.16. The van der Waals surface area contributed by atoms with E-state index in [-0.39, 0.29) is 11.6 Å². The summed E-state index contributed by atoms with van der Waals surface area (Å²) in [6, 6.07) is 2.71. The number of nitrogens with two attached hydrogens (primary N) is 1. The van der Waals surface area contributed by atoms with E-state index in [1.807, 2.05) is 13.8 Å². The molecular weight excluding hydrogens is 251 g/mol. The second-order valence-electron chi connectivity index (χ2n) is 4.73. The van der Waals surface area contributed by atoms with Crippen molar-refractivity contribution < 1.29 is 19.1 Å². The average Bonchev–Trinajstić information content (AvgIpc) is 2.27. The lowest BCUT2D eigenvalue weighted by Crippen LogP contribution is -2.36. The number of anilines is 1. The monoisotopic (exact) mass is 268 g/mol. The first-order chi connectivity index (χ1) is 8.81. The Morgan fingerprint density at radius 1 is 1.42 bits per heavy atom. The minimum Gasteiger partial charge on any atom is -0.478 e. The Kier molecular flexibility index (Phi) is 5.00. The van der Waals surface area contributed by atoms with Gasteiger partial charge >= 0.3 is 5.97 Å². The predicted molar refractivity (Wildman–Crippen MR) is 69.4 cm³/mol. The smallest absolute Gasteiger partial charge is 0.338 e. The zero-order chi connectivity index (χ0) is 14.6. The minimum atomic E-state index is -1.35. The quantitative estimate of drug-likeness (QED) is 0.759. The van der Waals surface area contributed by atoms with E-state index < -0.39 is 29.3 Å². The maximum Gasteiger partial charge on any atom is 0.338 e. The molecule has 0 radical (unpaired) electrons. The van der Waals surface area contributed by atoms with Gasteiger partial charge in [-0.25, -0.2) is 9.18 Å². The van der Waals surface area contributed by atoms with Crippen molar-refractivity contribution in [2.45, 2.75) is 26.3 Å². The molecule has 0 saturated heterocycles. The third-order valence-corrected chi connectivity index (χ3v) is 2.53. The third kappa shape index (κ3) is 4.33. The lowest BCUT2D eigenvalue weighted by molar-refractivity contribution is -0.117. The van der Waals surface area contributed by atoms with Crippen LogP contribution in [0.25, 0.3) is 0 Å². The second-order valence-corrected chi connectivity index (χ2v) is 4.73. The number of carboxylic acids is 1. The molecular formula is C13H17FN2O3. The van der Waals surface area contributed by atoms with Crippen molar-refractivity contribution >= 4 is 17.6 Å². The Hall–Kier alpha value is -1.95. The summed E-state index contributed by atoms with van der Waals surface area (Å²) >= 11 is 0. The molecule has 0 fully saturated rings. The van der Waals surface area contributed by atoms with Crippen LogP contribution in [0.5, 0.6) is 0 Å². The summed E-state index contributed by atoms with van der Waals surface area (Å²) in [7, 11) is 0. The SMILES string of the molecule is CC(C)C[C@H](N)C(=O)Nc1ccc(C(=O)O)c(F)c1. The van der Waals surface area contributed by atoms with Gasteiger partial charge in [-0.2, -0.15) is 0 Å². The van der Waals surface area contributed by atoms with Gasteiger partial charge in [-0.3, -0.25) is 4.79 Å². The highest BCUT2D eigenvalue weighted by molar-refractivity contribution is 5.95. The number of carboxylic acid groups (broad SMARTS) is 1. The van der Waals surface area contributed by atoms with E-state index in [4.69, 9.17) is 10.8 Å². The molecule has 1 atom stereocenters. The van der Waals surface area contributed by atoms with Gasteiger partial charge in [-0.15, -0.1) is 0 Å². The predicted octanol–water partition coefficient (Wildman–Crippen LogP) is 1.84. The lowest BCUT2D eigenvalue weighted by Gasteiger charge is -2.14. The summed E-state index contributed by atoms with van der Waals surface area (Å²) in [5, 5.41) is 11.1. The number of carbonyl (C=O) groups is 2. The molecule has 0 heterocycles. The van der Waals surface area contributed by atoms with Gasteiger partial charge in [0, 0.05) is 5.69 Å². The molecule has 0 aromatic heterocycles. The summed E-state index contributed by atoms with van der Waals surface area (Å²) in [5.74, 6) is -2.40. The second kappa shape index (κ2) is 6.29. The number of aromatic carboxylic acids is 1. The maximum absolute atomic E-state index is 13.4. The van der Waals surface area contributed by atoms with Crippen molar-refractivity contribution in [3.8, 4) is 0 Å². The molecule has 104 valence electrons. The summed E-state index contributed by atoms with van der Waals surface area (Å²) < 4.78 is 13.4. The van der Waals surface area contributed by atoms with E-state index in [9.17, 15) is 14.0 Å². The number of halogens is 1. The third-order valence-electron chi connectivity index (χ3n) is 2.53. The number of benzene rings is 1. The van der Waals surface area contributed by atoms with Crippen molar-refractivity contribution in [2.24, 2.45) is 11.7 Å². The molecule has 0 aliphatic rings. The van der Waals surface area contributed by atoms with Crippen LogP contribution < -0.4 is 11.1 Å². The van der Waals surface area contributed by atoms with Crippen molar-refractivity contribution in [1.82, 2.24) is 0 Å². The topological polar surface area (TPSA) is 92.4 Å². The fourth-order valence-electron chi connectivity index (χ4n) is 1.62. The first-order valence-corrected chi connectivity index (χ1v) is 5.90. The minimum absolute atomic E-state index is 0.187. The van der Waals surface area contributed by atoms with E-state index in [0.717, 1.165) is 12.1 Å². The maximum atomic E-state index is 13.4. The molecule has 1 aromatic carbocycles.